The number of pyridine rings is 1. The van der Waals surface area contributed by atoms with Crippen LogP contribution in [-0.2, 0) is 0 Å². The molecule has 0 saturated heterocycles. The molecule has 0 bridgehead atoms. The molecule has 8 N–H and O–H groups in total. The molecule has 4 aromatic heterocycles. The Hall–Kier alpha value is -4.48. The van der Waals surface area contributed by atoms with Crippen molar-refractivity contribution in [2.45, 2.75) is 0 Å². The number of hydrogen-bond donors (Lipinski definition) is 4. The van der Waals surface area contributed by atoms with E-state index in [2.05, 4.69) is 40.1 Å². The van der Waals surface area contributed by atoms with Crippen LogP contribution in [0.1, 0.15) is 0 Å². The number of nitrogen functional groups attached to an aromatic ring is 4. The molecular weight excluding hydrogens is 360 g/mol. The van der Waals surface area contributed by atoms with Crippen molar-refractivity contribution in [3.05, 3.63) is 74.0 Å². The highest BCUT2D eigenvalue weighted by atomic mass is 15.2. The number of nitrogens with two attached hydrogens (primary N) is 4. The predicted molar refractivity (Wildman–Crippen MR) is 106 cm³/mol. The molecule has 4 heterocycles. The van der Waals surface area contributed by atoms with E-state index < -0.39 is 0 Å². The average Bonchev–Trinajstić information content (AvgIpc) is 2.72. The highest BCUT2D eigenvalue weighted by Crippen LogP contribution is 1.92. The summed E-state index contributed by atoms with van der Waals surface area (Å²) in [6.45, 7) is 0. The van der Waals surface area contributed by atoms with Crippen LogP contribution in [0.3, 0.4) is 0 Å². The molecule has 0 aliphatic heterocycles. The molecule has 0 fully saturated rings. The lowest BCUT2D eigenvalue weighted by Gasteiger charge is -1.83. The second kappa shape index (κ2) is 13.8. The first-order valence-electron chi connectivity index (χ1n) is 7.66. The zero-order valence-electron chi connectivity index (χ0n) is 14.8. The van der Waals surface area contributed by atoms with Gasteiger partial charge in [-0.2, -0.15) is 5.10 Å². The van der Waals surface area contributed by atoms with Gasteiger partial charge >= 0.3 is 0 Å². The monoisotopic (exact) mass is 380 g/mol. The van der Waals surface area contributed by atoms with Crippen molar-refractivity contribution in [2.24, 2.45) is 0 Å². The smallest absolute Gasteiger partial charge is 0.240 e. The number of aromatic nitrogens is 8. The van der Waals surface area contributed by atoms with E-state index in [0.717, 1.165) is 5.69 Å². The van der Waals surface area contributed by atoms with Gasteiger partial charge in [0.2, 0.25) is 11.9 Å². The van der Waals surface area contributed by atoms with Gasteiger partial charge in [0.25, 0.3) is 0 Å². The molecule has 0 spiro atoms. The van der Waals surface area contributed by atoms with Crippen molar-refractivity contribution in [3.8, 4) is 0 Å². The first-order chi connectivity index (χ1) is 13.6. The second-order valence-corrected chi connectivity index (χ2v) is 4.52. The Kier molecular flexibility index (Phi) is 10.6. The van der Waals surface area contributed by atoms with Crippen molar-refractivity contribution < 1.29 is 0 Å². The molecule has 0 radical (unpaired) electrons. The average molecular weight is 380 g/mol. The molecule has 4 rings (SSSR count). The summed E-state index contributed by atoms with van der Waals surface area (Å²) < 4.78 is 0. The van der Waals surface area contributed by atoms with Gasteiger partial charge in [-0.15, -0.1) is 5.10 Å². The van der Waals surface area contributed by atoms with Crippen LogP contribution < -0.4 is 22.9 Å². The molecule has 12 heteroatoms. The fraction of sp³-hybridized carbons (Fsp3) is 0. The Labute approximate surface area is 161 Å². The Bertz CT molecular complexity index is 697. The minimum Gasteiger partial charge on any atom is -0.399 e. The SMILES string of the molecule is Nc1ccncc1.Nc1cnccn1.Nc1ncccn1.Nc1nccnn1. The number of anilines is 4. The van der Waals surface area contributed by atoms with Crippen LogP contribution in [0.5, 0.6) is 0 Å². The lowest BCUT2D eigenvalue weighted by atomic mass is 10.4. The van der Waals surface area contributed by atoms with E-state index in [4.69, 9.17) is 22.9 Å². The Balaban J connectivity index is 0.000000187. The summed E-state index contributed by atoms with van der Waals surface area (Å²) in [6.07, 6.45) is 14.1. The number of rotatable bonds is 0. The summed E-state index contributed by atoms with van der Waals surface area (Å²) in [5, 5.41) is 6.84. The molecule has 0 unspecified atom stereocenters. The zero-order chi connectivity index (χ0) is 20.5. The molecule has 4 aromatic rings. The Morgan fingerprint density at radius 1 is 0.571 bits per heavy atom. The number of nitrogens with zero attached hydrogens (tertiary/aromatic N) is 8. The van der Waals surface area contributed by atoms with Gasteiger partial charge in [0.1, 0.15) is 5.82 Å². The number of hydrogen-bond acceptors (Lipinski definition) is 12. The molecule has 0 aliphatic rings. The molecule has 0 amide bonds. The fourth-order valence-corrected chi connectivity index (χ4v) is 1.24. The summed E-state index contributed by atoms with van der Waals surface area (Å²) in [7, 11) is 0. The first kappa shape index (κ1) is 21.6. The maximum atomic E-state index is 5.32. The summed E-state index contributed by atoms with van der Waals surface area (Å²) >= 11 is 0. The van der Waals surface area contributed by atoms with E-state index in [1.54, 1.807) is 55.4 Å². The van der Waals surface area contributed by atoms with Gasteiger partial charge in [-0.3, -0.25) is 9.97 Å². The third-order valence-electron chi connectivity index (χ3n) is 2.38. The van der Waals surface area contributed by atoms with Crippen molar-refractivity contribution >= 4 is 23.4 Å². The van der Waals surface area contributed by atoms with Crippen molar-refractivity contribution in [1.29, 1.82) is 0 Å². The molecule has 28 heavy (non-hydrogen) atoms. The van der Waals surface area contributed by atoms with Crippen LogP contribution in [0.15, 0.2) is 74.0 Å². The molecule has 12 nitrogen and oxygen atoms in total. The van der Waals surface area contributed by atoms with Gasteiger partial charge in [-0.1, -0.05) is 0 Å². The Morgan fingerprint density at radius 3 is 1.50 bits per heavy atom. The zero-order valence-corrected chi connectivity index (χ0v) is 14.8. The van der Waals surface area contributed by atoms with Gasteiger partial charge < -0.3 is 22.9 Å². The van der Waals surface area contributed by atoms with Crippen molar-refractivity contribution in [3.63, 3.8) is 0 Å². The van der Waals surface area contributed by atoms with E-state index in [1.165, 1.54) is 18.6 Å². The van der Waals surface area contributed by atoms with Crippen LogP contribution in [-0.4, -0.2) is 40.1 Å². The fourth-order valence-electron chi connectivity index (χ4n) is 1.24. The summed E-state index contributed by atoms with van der Waals surface area (Å²) in [5.41, 5.74) is 21.5. The lowest BCUT2D eigenvalue weighted by Crippen LogP contribution is -1.93. The third-order valence-corrected chi connectivity index (χ3v) is 2.38. The van der Waals surface area contributed by atoms with Gasteiger partial charge in [-0.05, 0) is 18.2 Å². The minimum atomic E-state index is 0.211. The summed E-state index contributed by atoms with van der Waals surface area (Å²) in [5.74, 6) is 0.993. The van der Waals surface area contributed by atoms with E-state index in [-0.39, 0.29) is 5.95 Å². The van der Waals surface area contributed by atoms with Crippen molar-refractivity contribution in [2.75, 3.05) is 22.9 Å². The second-order valence-electron chi connectivity index (χ2n) is 4.52. The standard InChI is InChI=1S/C5H6N2.2C4H5N3.C3H4N4/c6-5-1-3-7-4-2-5;5-4-3-6-1-2-7-4;5-4-6-2-1-3-7-4;4-3-5-1-2-6-7-3/h1-4H,(H2,6,7);1-3H,(H2,5,7);1-3H,(H2,5,6,7);1-2H,(H2,4,5,7). The highest BCUT2D eigenvalue weighted by Gasteiger charge is 1.77. The largest absolute Gasteiger partial charge is 0.399 e. The maximum absolute atomic E-state index is 5.32. The normalized spacial score (nSPS) is 8.57. The van der Waals surface area contributed by atoms with Crippen LogP contribution in [0.25, 0.3) is 0 Å². The molecule has 0 aromatic carbocycles. The molecule has 0 aliphatic carbocycles. The first-order valence-corrected chi connectivity index (χ1v) is 7.66. The third kappa shape index (κ3) is 12.0. The van der Waals surface area contributed by atoms with Crippen LogP contribution in [0, 0.1) is 0 Å². The van der Waals surface area contributed by atoms with Crippen LogP contribution >= 0.6 is 0 Å². The van der Waals surface area contributed by atoms with Crippen LogP contribution in [0.2, 0.25) is 0 Å². The van der Waals surface area contributed by atoms with Gasteiger partial charge in [0.15, 0.2) is 0 Å². The van der Waals surface area contributed by atoms with E-state index >= 15 is 0 Å². The molecule has 0 saturated carbocycles. The highest BCUT2D eigenvalue weighted by molar-refractivity contribution is 5.33. The maximum Gasteiger partial charge on any atom is 0.240 e. The van der Waals surface area contributed by atoms with E-state index in [0.29, 0.717) is 11.8 Å². The van der Waals surface area contributed by atoms with Gasteiger partial charge in [0, 0.05) is 42.9 Å². The predicted octanol–water partition coefficient (Wildman–Crippen LogP) is 0.235. The topological polar surface area (TPSA) is 207 Å². The van der Waals surface area contributed by atoms with Crippen LogP contribution in [0.4, 0.5) is 23.4 Å². The Morgan fingerprint density at radius 2 is 1.21 bits per heavy atom. The molecular formula is C16H20N12. The quantitative estimate of drug-likeness (QED) is 0.323. The lowest BCUT2D eigenvalue weighted by molar-refractivity contribution is 0.986. The molecule has 144 valence electrons. The summed E-state index contributed by atoms with van der Waals surface area (Å²) in [6, 6.07) is 5.22. The van der Waals surface area contributed by atoms with E-state index in [9.17, 15) is 0 Å². The van der Waals surface area contributed by atoms with E-state index in [1.807, 2.05) is 0 Å². The molecule has 0 atom stereocenters. The van der Waals surface area contributed by atoms with Gasteiger partial charge in [0.05, 0.1) is 18.6 Å². The van der Waals surface area contributed by atoms with Gasteiger partial charge in [-0.25, -0.2) is 19.9 Å². The minimum absolute atomic E-state index is 0.211. The summed E-state index contributed by atoms with van der Waals surface area (Å²) in [4.78, 5) is 22.0. The van der Waals surface area contributed by atoms with Crippen molar-refractivity contribution in [1.82, 2.24) is 40.1 Å².